The fourth-order valence-corrected chi connectivity index (χ4v) is 3.84. The summed E-state index contributed by atoms with van der Waals surface area (Å²) in [6, 6.07) is 7.43. The topological polar surface area (TPSA) is 79.2 Å². The Bertz CT molecular complexity index is 875. The smallest absolute Gasteiger partial charge is 0.263 e. The van der Waals surface area contributed by atoms with Crippen LogP contribution in [0, 0.1) is 0 Å². The molecule has 6 heteroatoms. The Hall–Kier alpha value is -2.27. The van der Waals surface area contributed by atoms with Gasteiger partial charge >= 0.3 is 0 Å². The third-order valence-electron chi connectivity index (χ3n) is 5.10. The van der Waals surface area contributed by atoms with Crippen LogP contribution in [0.25, 0.3) is 0 Å². The van der Waals surface area contributed by atoms with Gasteiger partial charge < -0.3 is 15.6 Å². The number of nitrogens with two attached hydrogens (primary N) is 1. The second kappa shape index (κ2) is 6.92. The van der Waals surface area contributed by atoms with E-state index >= 15 is 0 Å². The first kappa shape index (κ1) is 17.5. The Balaban J connectivity index is 0.00000182. The molecule has 3 N–H and O–H groups in total. The van der Waals surface area contributed by atoms with Gasteiger partial charge in [-0.1, -0.05) is 6.07 Å². The zero-order valence-electron chi connectivity index (χ0n) is 14.0. The van der Waals surface area contributed by atoms with Crippen LogP contribution in [0.4, 0.5) is 11.4 Å². The molecule has 0 saturated carbocycles. The summed E-state index contributed by atoms with van der Waals surface area (Å²) in [6.07, 6.45) is 5.74. The summed E-state index contributed by atoms with van der Waals surface area (Å²) in [7, 11) is 0. The second-order valence-electron chi connectivity index (χ2n) is 6.63. The Morgan fingerprint density at radius 3 is 2.76 bits per heavy atom. The molecule has 1 aromatic carbocycles. The van der Waals surface area contributed by atoms with E-state index < -0.39 is 0 Å². The minimum absolute atomic E-state index is 0. The zero-order valence-corrected chi connectivity index (χ0v) is 14.8. The van der Waals surface area contributed by atoms with Gasteiger partial charge in [0, 0.05) is 23.6 Å². The first-order valence-electron chi connectivity index (χ1n) is 8.59. The number of pyridine rings is 1. The summed E-state index contributed by atoms with van der Waals surface area (Å²) in [6.45, 7) is 0.617. The van der Waals surface area contributed by atoms with Crippen molar-refractivity contribution in [3.05, 3.63) is 57.0 Å². The molecule has 0 unspecified atom stereocenters. The van der Waals surface area contributed by atoms with Gasteiger partial charge in [-0.2, -0.15) is 0 Å². The van der Waals surface area contributed by atoms with Crippen LogP contribution in [0.15, 0.2) is 29.1 Å². The largest absolute Gasteiger partial charge is 0.398 e. The molecule has 2 heterocycles. The molecule has 1 aliphatic carbocycles. The van der Waals surface area contributed by atoms with E-state index in [1.165, 1.54) is 0 Å². The highest BCUT2D eigenvalue weighted by atomic mass is 35.5. The number of aromatic nitrogens is 1. The van der Waals surface area contributed by atoms with Gasteiger partial charge in [-0.25, -0.2) is 0 Å². The van der Waals surface area contributed by atoms with Crippen molar-refractivity contribution in [3.63, 3.8) is 0 Å². The molecule has 1 aromatic heterocycles. The number of nitrogen functional groups attached to an aromatic ring is 1. The van der Waals surface area contributed by atoms with Crippen molar-refractivity contribution < 1.29 is 4.79 Å². The molecule has 0 bridgehead atoms. The Labute approximate surface area is 152 Å². The van der Waals surface area contributed by atoms with Crippen LogP contribution in [0.3, 0.4) is 0 Å². The van der Waals surface area contributed by atoms with Gasteiger partial charge in [0.15, 0.2) is 0 Å². The van der Waals surface area contributed by atoms with Crippen molar-refractivity contribution in [2.45, 2.75) is 38.5 Å². The predicted octanol–water partition coefficient (Wildman–Crippen LogP) is 2.85. The Kier molecular flexibility index (Phi) is 4.86. The molecule has 0 spiro atoms. The second-order valence-corrected chi connectivity index (χ2v) is 6.63. The molecule has 4 rings (SSSR count). The molecule has 25 heavy (non-hydrogen) atoms. The molecular formula is C19H22ClN3O2. The standard InChI is InChI=1S/C19H21N3O2.ClH/c20-15-7-3-9-17-13(15)6-4-10-22(17)19(24)14-11-12-5-1-2-8-16(12)21-18(14)23;/h3,7,9,11H,1-2,4-6,8,10,20H2,(H,21,23);1H. The van der Waals surface area contributed by atoms with Gasteiger partial charge in [-0.3, -0.25) is 9.59 Å². The van der Waals surface area contributed by atoms with Gasteiger partial charge in [0.25, 0.3) is 11.5 Å². The number of rotatable bonds is 1. The van der Waals surface area contributed by atoms with E-state index in [0.717, 1.165) is 61.0 Å². The summed E-state index contributed by atoms with van der Waals surface area (Å²) in [5, 5.41) is 0. The number of H-pyrrole nitrogens is 1. The number of benzene rings is 1. The average molecular weight is 360 g/mol. The van der Waals surface area contributed by atoms with Crippen molar-refractivity contribution in [2.75, 3.05) is 17.2 Å². The monoisotopic (exact) mass is 359 g/mol. The molecule has 0 radical (unpaired) electrons. The van der Waals surface area contributed by atoms with Crippen LogP contribution in [0.1, 0.15) is 46.4 Å². The van der Waals surface area contributed by atoms with Crippen LogP contribution in [0.2, 0.25) is 0 Å². The fraction of sp³-hybridized carbons (Fsp3) is 0.368. The van der Waals surface area contributed by atoms with Crippen molar-refractivity contribution in [1.82, 2.24) is 4.98 Å². The highest BCUT2D eigenvalue weighted by Crippen LogP contribution is 2.32. The highest BCUT2D eigenvalue weighted by Gasteiger charge is 2.27. The lowest BCUT2D eigenvalue weighted by Crippen LogP contribution is -2.39. The molecule has 5 nitrogen and oxygen atoms in total. The first-order valence-corrected chi connectivity index (χ1v) is 8.59. The molecule has 0 fully saturated rings. The lowest BCUT2D eigenvalue weighted by Gasteiger charge is -2.30. The van der Waals surface area contributed by atoms with E-state index in [0.29, 0.717) is 12.2 Å². The zero-order chi connectivity index (χ0) is 16.7. The molecule has 132 valence electrons. The summed E-state index contributed by atoms with van der Waals surface area (Å²) >= 11 is 0. The van der Waals surface area contributed by atoms with Crippen LogP contribution in [-0.2, 0) is 19.3 Å². The number of carbonyl (C=O) groups is 1. The SMILES string of the molecule is Cl.Nc1cccc2c1CCCN2C(=O)c1cc2c([nH]c1=O)CCCC2. The van der Waals surface area contributed by atoms with Gasteiger partial charge in [0.1, 0.15) is 5.56 Å². The molecule has 2 aromatic rings. The third-order valence-corrected chi connectivity index (χ3v) is 5.10. The van der Waals surface area contributed by atoms with Crippen LogP contribution in [-0.4, -0.2) is 17.4 Å². The quantitative estimate of drug-likeness (QED) is 0.768. The number of nitrogens with zero attached hydrogens (tertiary/aromatic N) is 1. The lowest BCUT2D eigenvalue weighted by atomic mass is 9.94. The van der Waals surface area contributed by atoms with Crippen molar-refractivity contribution in [2.24, 2.45) is 0 Å². The number of anilines is 2. The van der Waals surface area contributed by atoms with Crippen LogP contribution >= 0.6 is 12.4 Å². The van der Waals surface area contributed by atoms with Gasteiger partial charge in [-0.05, 0) is 67.9 Å². The van der Waals surface area contributed by atoms with Crippen LogP contribution < -0.4 is 16.2 Å². The Morgan fingerprint density at radius 2 is 1.92 bits per heavy atom. The van der Waals surface area contributed by atoms with E-state index in [1.54, 1.807) is 11.0 Å². The predicted molar refractivity (Wildman–Crippen MR) is 102 cm³/mol. The van der Waals surface area contributed by atoms with Crippen molar-refractivity contribution in [3.8, 4) is 0 Å². The minimum atomic E-state index is -0.281. The summed E-state index contributed by atoms with van der Waals surface area (Å²) < 4.78 is 0. The number of hydrogen-bond donors (Lipinski definition) is 2. The maximum absolute atomic E-state index is 13.0. The number of aryl methyl sites for hydroxylation is 2. The van der Waals surface area contributed by atoms with E-state index in [2.05, 4.69) is 4.98 Å². The number of carbonyl (C=O) groups excluding carboxylic acids is 1. The molecule has 0 atom stereocenters. The van der Waals surface area contributed by atoms with Gasteiger partial charge in [0.2, 0.25) is 0 Å². The number of nitrogens with one attached hydrogen (secondary N) is 1. The van der Waals surface area contributed by atoms with E-state index in [4.69, 9.17) is 5.73 Å². The van der Waals surface area contributed by atoms with Gasteiger partial charge in [-0.15, -0.1) is 12.4 Å². The Morgan fingerprint density at radius 1 is 1.12 bits per heavy atom. The minimum Gasteiger partial charge on any atom is -0.398 e. The van der Waals surface area contributed by atoms with E-state index in [1.807, 2.05) is 18.2 Å². The summed E-state index contributed by atoms with van der Waals surface area (Å²) in [4.78, 5) is 30.1. The van der Waals surface area contributed by atoms with Crippen molar-refractivity contribution >= 4 is 29.7 Å². The summed E-state index contributed by atoms with van der Waals surface area (Å²) in [5.74, 6) is -0.226. The highest BCUT2D eigenvalue weighted by molar-refractivity contribution is 6.07. The first-order chi connectivity index (χ1) is 11.6. The number of halogens is 1. The van der Waals surface area contributed by atoms with Gasteiger partial charge in [0.05, 0.1) is 0 Å². The van der Waals surface area contributed by atoms with E-state index in [9.17, 15) is 9.59 Å². The normalized spacial score (nSPS) is 15.8. The molecule has 0 saturated heterocycles. The fourth-order valence-electron chi connectivity index (χ4n) is 3.84. The number of amides is 1. The van der Waals surface area contributed by atoms with Crippen LogP contribution in [0.5, 0.6) is 0 Å². The molecular weight excluding hydrogens is 338 g/mol. The number of hydrogen-bond acceptors (Lipinski definition) is 3. The third kappa shape index (κ3) is 3.04. The summed E-state index contributed by atoms with van der Waals surface area (Å²) in [5.41, 5.74) is 10.7. The molecule has 1 aliphatic heterocycles. The average Bonchev–Trinajstić information content (AvgIpc) is 2.60. The number of aromatic amines is 1. The molecule has 2 aliphatic rings. The molecule has 1 amide bonds. The maximum atomic E-state index is 13.0. The van der Waals surface area contributed by atoms with E-state index in [-0.39, 0.29) is 29.4 Å². The number of fused-ring (bicyclic) bond motifs is 2. The van der Waals surface area contributed by atoms with Crippen molar-refractivity contribution in [1.29, 1.82) is 0 Å². The lowest BCUT2D eigenvalue weighted by molar-refractivity contribution is 0.0983. The maximum Gasteiger partial charge on any atom is 0.263 e.